The molecule has 5 heteroatoms. The number of aryl methyl sites for hydroxylation is 1. The fraction of sp³-hybridized carbons (Fsp3) is 0.562. The van der Waals surface area contributed by atoms with Crippen molar-refractivity contribution in [3.05, 3.63) is 40.2 Å². The van der Waals surface area contributed by atoms with Gasteiger partial charge in [-0.05, 0) is 44.8 Å². The van der Waals surface area contributed by atoms with Gasteiger partial charge < -0.3 is 9.32 Å². The lowest BCUT2D eigenvalue weighted by molar-refractivity contribution is 0.206. The van der Waals surface area contributed by atoms with E-state index in [-0.39, 0.29) is 0 Å². The van der Waals surface area contributed by atoms with Gasteiger partial charge in [0, 0.05) is 24.0 Å². The second kappa shape index (κ2) is 6.73. The van der Waals surface area contributed by atoms with Crippen LogP contribution in [0.25, 0.3) is 0 Å². The molecule has 0 aliphatic carbocycles. The Bertz CT molecular complexity index is 552. The zero-order valence-corrected chi connectivity index (χ0v) is 13.6. The summed E-state index contributed by atoms with van der Waals surface area (Å²) in [5.41, 5.74) is 0. The minimum atomic E-state index is 0.612. The van der Waals surface area contributed by atoms with Gasteiger partial charge in [-0.1, -0.05) is 6.07 Å². The lowest BCUT2D eigenvalue weighted by atomic mass is 10.2. The van der Waals surface area contributed by atoms with Crippen LogP contribution in [0.5, 0.6) is 0 Å². The van der Waals surface area contributed by atoms with Gasteiger partial charge in [0.05, 0.1) is 12.7 Å². The number of aromatic nitrogens is 1. The smallest absolute Gasteiger partial charge is 0.208 e. The number of rotatable bonds is 6. The second-order valence-electron chi connectivity index (χ2n) is 5.85. The maximum Gasteiger partial charge on any atom is 0.208 e. The molecule has 0 bridgehead atoms. The van der Waals surface area contributed by atoms with E-state index in [1.165, 1.54) is 30.8 Å². The average Bonchev–Trinajstić information content (AvgIpc) is 3.17. The van der Waals surface area contributed by atoms with E-state index in [1.54, 1.807) is 6.20 Å². The Labute approximate surface area is 130 Å². The van der Waals surface area contributed by atoms with Crippen LogP contribution in [0.3, 0.4) is 0 Å². The zero-order chi connectivity index (χ0) is 14.7. The third-order valence-corrected chi connectivity index (χ3v) is 5.12. The van der Waals surface area contributed by atoms with Gasteiger partial charge in [0.15, 0.2) is 0 Å². The van der Waals surface area contributed by atoms with Crippen LogP contribution in [-0.4, -0.2) is 47.5 Å². The molecule has 2 aromatic rings. The minimum absolute atomic E-state index is 0.612. The molecule has 3 rings (SSSR count). The molecule has 3 heterocycles. The molecule has 0 aromatic carbocycles. The van der Waals surface area contributed by atoms with E-state index in [0.29, 0.717) is 6.04 Å². The Hall–Kier alpha value is -1.17. The monoisotopic (exact) mass is 305 g/mol. The molecule has 4 nitrogen and oxygen atoms in total. The molecule has 114 valence electrons. The molecule has 0 saturated carbocycles. The fourth-order valence-corrected chi connectivity index (χ4v) is 3.61. The Balaban J connectivity index is 1.45. The van der Waals surface area contributed by atoms with Crippen LogP contribution >= 0.6 is 11.3 Å². The van der Waals surface area contributed by atoms with E-state index in [4.69, 9.17) is 4.42 Å². The predicted molar refractivity (Wildman–Crippen MR) is 85.6 cm³/mol. The average molecular weight is 305 g/mol. The highest BCUT2D eigenvalue weighted by molar-refractivity contribution is 7.09. The molecule has 21 heavy (non-hydrogen) atoms. The van der Waals surface area contributed by atoms with Crippen LogP contribution in [0.2, 0.25) is 0 Å². The first-order chi connectivity index (χ1) is 10.2. The number of nitrogens with zero attached hydrogens (tertiary/aromatic N) is 3. The van der Waals surface area contributed by atoms with E-state index >= 15 is 0 Å². The van der Waals surface area contributed by atoms with Crippen molar-refractivity contribution < 1.29 is 4.42 Å². The molecular formula is C16H23N3OS. The van der Waals surface area contributed by atoms with Crippen LogP contribution in [0.1, 0.15) is 22.9 Å². The van der Waals surface area contributed by atoms with Crippen LogP contribution in [0, 0.1) is 6.92 Å². The number of likely N-dealkylation sites (tertiary alicyclic amines) is 1. The minimum Gasteiger partial charge on any atom is -0.445 e. The summed E-state index contributed by atoms with van der Waals surface area (Å²) in [6.45, 7) is 6.27. The van der Waals surface area contributed by atoms with Gasteiger partial charge in [0.25, 0.3) is 0 Å². The summed E-state index contributed by atoms with van der Waals surface area (Å²) < 4.78 is 5.57. The summed E-state index contributed by atoms with van der Waals surface area (Å²) in [7, 11) is 2.17. The van der Waals surface area contributed by atoms with Gasteiger partial charge in [-0.25, -0.2) is 4.98 Å². The fourth-order valence-electron chi connectivity index (χ4n) is 2.92. The van der Waals surface area contributed by atoms with Crippen molar-refractivity contribution >= 4 is 11.3 Å². The maximum absolute atomic E-state index is 5.57. The van der Waals surface area contributed by atoms with Crippen LogP contribution in [-0.2, 0) is 13.0 Å². The third-order valence-electron chi connectivity index (χ3n) is 4.18. The number of oxazole rings is 1. The molecule has 1 atom stereocenters. The highest BCUT2D eigenvalue weighted by Crippen LogP contribution is 2.18. The normalized spacial score (nSPS) is 19.7. The van der Waals surface area contributed by atoms with E-state index in [2.05, 4.69) is 39.3 Å². The lowest BCUT2D eigenvalue weighted by Crippen LogP contribution is -2.34. The van der Waals surface area contributed by atoms with Gasteiger partial charge in [-0.3, -0.25) is 4.90 Å². The molecule has 0 spiro atoms. The quantitative estimate of drug-likeness (QED) is 0.821. The topological polar surface area (TPSA) is 32.5 Å². The van der Waals surface area contributed by atoms with Gasteiger partial charge in [-0.15, -0.1) is 11.3 Å². The largest absolute Gasteiger partial charge is 0.445 e. The summed E-state index contributed by atoms with van der Waals surface area (Å²) in [6.07, 6.45) is 4.21. The number of thiophene rings is 1. The van der Waals surface area contributed by atoms with Crippen molar-refractivity contribution in [1.82, 2.24) is 14.8 Å². The first-order valence-corrected chi connectivity index (χ1v) is 8.45. The van der Waals surface area contributed by atoms with Crippen molar-refractivity contribution in [2.24, 2.45) is 0 Å². The third kappa shape index (κ3) is 3.93. The summed E-state index contributed by atoms with van der Waals surface area (Å²) >= 11 is 1.86. The Morgan fingerprint density at radius 1 is 1.52 bits per heavy atom. The lowest BCUT2D eigenvalue weighted by Gasteiger charge is -2.23. The predicted octanol–water partition coefficient (Wildman–Crippen LogP) is 2.79. The second-order valence-corrected chi connectivity index (χ2v) is 6.88. The summed E-state index contributed by atoms with van der Waals surface area (Å²) in [5, 5.41) is 2.16. The van der Waals surface area contributed by atoms with E-state index < -0.39 is 0 Å². The standard InChI is InChI=1S/C16H23N3OS/c1-13-10-17-16(20-13)12-18(2)14-5-7-19(11-14)8-6-15-4-3-9-21-15/h3-4,9-10,14H,5-8,11-12H2,1-2H3. The summed E-state index contributed by atoms with van der Waals surface area (Å²) in [5.74, 6) is 1.72. The summed E-state index contributed by atoms with van der Waals surface area (Å²) in [4.78, 5) is 10.7. The molecule has 2 aromatic heterocycles. The van der Waals surface area contributed by atoms with Crippen molar-refractivity contribution in [2.75, 3.05) is 26.7 Å². The van der Waals surface area contributed by atoms with Gasteiger partial charge in [0.2, 0.25) is 5.89 Å². The van der Waals surface area contributed by atoms with Gasteiger partial charge in [-0.2, -0.15) is 0 Å². The Kier molecular flexibility index (Phi) is 4.73. The van der Waals surface area contributed by atoms with Crippen LogP contribution < -0.4 is 0 Å². The van der Waals surface area contributed by atoms with Crippen molar-refractivity contribution in [1.29, 1.82) is 0 Å². The number of hydrogen-bond donors (Lipinski definition) is 0. The Morgan fingerprint density at radius 2 is 2.43 bits per heavy atom. The van der Waals surface area contributed by atoms with Crippen molar-refractivity contribution in [3.63, 3.8) is 0 Å². The van der Waals surface area contributed by atoms with Crippen LogP contribution in [0.4, 0.5) is 0 Å². The number of likely N-dealkylation sites (N-methyl/N-ethyl adjacent to an activating group) is 1. The first-order valence-electron chi connectivity index (χ1n) is 7.57. The highest BCUT2D eigenvalue weighted by atomic mass is 32.1. The van der Waals surface area contributed by atoms with E-state index in [1.807, 2.05) is 18.3 Å². The zero-order valence-electron chi connectivity index (χ0n) is 12.8. The molecule has 0 N–H and O–H groups in total. The van der Waals surface area contributed by atoms with Gasteiger partial charge in [0.1, 0.15) is 5.76 Å². The van der Waals surface area contributed by atoms with Crippen molar-refractivity contribution in [3.8, 4) is 0 Å². The SMILES string of the molecule is Cc1cnc(CN(C)C2CCN(CCc3cccs3)C2)o1. The molecule has 0 amide bonds. The van der Waals surface area contributed by atoms with Gasteiger partial charge >= 0.3 is 0 Å². The molecule has 1 saturated heterocycles. The van der Waals surface area contributed by atoms with Crippen molar-refractivity contribution in [2.45, 2.75) is 32.4 Å². The molecular weight excluding hydrogens is 282 g/mol. The maximum atomic E-state index is 5.57. The summed E-state index contributed by atoms with van der Waals surface area (Å²) in [6, 6.07) is 4.98. The molecule has 1 fully saturated rings. The highest BCUT2D eigenvalue weighted by Gasteiger charge is 2.26. The first kappa shape index (κ1) is 14.8. The molecule has 1 unspecified atom stereocenters. The molecule has 1 aliphatic rings. The molecule has 1 aliphatic heterocycles. The van der Waals surface area contributed by atoms with Crippen LogP contribution in [0.15, 0.2) is 28.1 Å². The number of hydrogen-bond acceptors (Lipinski definition) is 5. The van der Waals surface area contributed by atoms with E-state index in [9.17, 15) is 0 Å². The molecule has 0 radical (unpaired) electrons. The Morgan fingerprint density at radius 3 is 3.14 bits per heavy atom. The van der Waals surface area contributed by atoms with E-state index in [0.717, 1.165) is 24.7 Å².